The number of methoxy groups -OCH3 is 1. The molecule has 0 amide bonds. The average molecular weight is 576 g/mol. The molecule has 0 unspecified atom stereocenters. The third-order valence-electron chi connectivity index (χ3n) is 7.90. The van der Waals surface area contributed by atoms with E-state index < -0.39 is 4.92 Å². The second-order valence-corrected chi connectivity index (χ2v) is 11.4. The lowest BCUT2D eigenvalue weighted by atomic mass is 9.83. The summed E-state index contributed by atoms with van der Waals surface area (Å²) in [5, 5.41) is 11.3. The van der Waals surface area contributed by atoms with Gasteiger partial charge in [0, 0.05) is 29.3 Å². The fraction of sp³-hybridized carbons (Fsp3) is 0.152. The lowest BCUT2D eigenvalue weighted by molar-refractivity contribution is -0.384. The summed E-state index contributed by atoms with van der Waals surface area (Å²) in [7, 11) is 1.64. The molecule has 0 fully saturated rings. The molecular formula is C33H25N3O5S. The van der Waals surface area contributed by atoms with Crippen LogP contribution in [0.25, 0.3) is 23.1 Å². The van der Waals surface area contributed by atoms with Crippen molar-refractivity contribution >= 4 is 28.8 Å². The first-order valence-corrected chi connectivity index (χ1v) is 14.4. The number of hydrogen-bond acceptors (Lipinski definition) is 7. The zero-order chi connectivity index (χ0) is 29.0. The van der Waals surface area contributed by atoms with E-state index in [1.807, 2.05) is 37.3 Å². The Labute approximate surface area is 244 Å². The number of aromatic nitrogens is 1. The molecular weight excluding hydrogens is 550 g/mol. The van der Waals surface area contributed by atoms with Gasteiger partial charge in [-0.05, 0) is 66.3 Å². The van der Waals surface area contributed by atoms with Gasteiger partial charge < -0.3 is 9.15 Å². The third-order valence-corrected chi connectivity index (χ3v) is 8.88. The van der Waals surface area contributed by atoms with Gasteiger partial charge in [-0.25, -0.2) is 4.99 Å². The van der Waals surface area contributed by atoms with Crippen molar-refractivity contribution in [3.05, 3.63) is 142 Å². The Hall–Kier alpha value is -5.02. The Kier molecular flexibility index (Phi) is 6.24. The van der Waals surface area contributed by atoms with Crippen LogP contribution in [0.15, 0.2) is 98.6 Å². The van der Waals surface area contributed by atoms with Gasteiger partial charge in [0.15, 0.2) is 4.80 Å². The molecule has 7 rings (SSSR count). The Morgan fingerprint density at radius 3 is 2.64 bits per heavy atom. The first kappa shape index (κ1) is 25.9. The van der Waals surface area contributed by atoms with Crippen molar-refractivity contribution in [2.24, 2.45) is 4.99 Å². The Bertz CT molecular complexity index is 2100. The molecule has 1 aliphatic heterocycles. The van der Waals surface area contributed by atoms with Crippen molar-refractivity contribution in [1.29, 1.82) is 0 Å². The van der Waals surface area contributed by atoms with Crippen LogP contribution in [-0.2, 0) is 6.42 Å². The van der Waals surface area contributed by atoms with Crippen LogP contribution in [0.3, 0.4) is 0 Å². The topological polar surface area (TPSA) is 99.9 Å². The predicted octanol–water partition coefficient (Wildman–Crippen LogP) is 5.80. The molecule has 0 spiro atoms. The van der Waals surface area contributed by atoms with Crippen LogP contribution in [0, 0.1) is 17.0 Å². The summed E-state index contributed by atoms with van der Waals surface area (Å²) < 4.78 is 13.8. The zero-order valence-corrected chi connectivity index (χ0v) is 23.7. The van der Waals surface area contributed by atoms with Gasteiger partial charge in [-0.15, -0.1) is 0 Å². The van der Waals surface area contributed by atoms with Crippen LogP contribution in [0.4, 0.5) is 5.69 Å². The van der Waals surface area contributed by atoms with Gasteiger partial charge in [0.2, 0.25) is 0 Å². The summed E-state index contributed by atoms with van der Waals surface area (Å²) in [6.45, 7) is 1.87. The molecule has 2 aliphatic rings. The number of nitro groups is 1. The summed E-state index contributed by atoms with van der Waals surface area (Å²) in [5.41, 5.74) is 6.76. The highest BCUT2D eigenvalue weighted by Crippen LogP contribution is 2.41. The van der Waals surface area contributed by atoms with E-state index in [1.54, 1.807) is 36.0 Å². The van der Waals surface area contributed by atoms with E-state index in [9.17, 15) is 14.9 Å². The van der Waals surface area contributed by atoms with Crippen molar-refractivity contribution in [1.82, 2.24) is 4.57 Å². The van der Waals surface area contributed by atoms with Gasteiger partial charge in [-0.1, -0.05) is 53.8 Å². The minimum Gasteiger partial charge on any atom is -0.497 e. The number of furan rings is 1. The number of ether oxygens (including phenoxy) is 1. The van der Waals surface area contributed by atoms with Crippen molar-refractivity contribution in [3.8, 4) is 17.1 Å². The van der Waals surface area contributed by atoms with Gasteiger partial charge in [-0.2, -0.15) is 0 Å². The maximum Gasteiger partial charge on any atom is 0.271 e. The number of nitrogens with zero attached hydrogens (tertiary/aromatic N) is 3. The number of aryl methyl sites for hydroxylation is 2. The molecule has 0 saturated heterocycles. The van der Waals surface area contributed by atoms with Crippen LogP contribution < -0.4 is 19.6 Å². The fourth-order valence-corrected chi connectivity index (χ4v) is 6.78. The number of allylic oxidation sites excluding steroid dienone is 1. The minimum atomic E-state index is -0.426. The highest BCUT2D eigenvalue weighted by atomic mass is 32.1. The van der Waals surface area contributed by atoms with Crippen molar-refractivity contribution < 1.29 is 14.1 Å². The van der Waals surface area contributed by atoms with Crippen molar-refractivity contribution in [2.45, 2.75) is 25.8 Å². The molecule has 2 aromatic heterocycles. The number of benzene rings is 3. The smallest absolute Gasteiger partial charge is 0.271 e. The highest BCUT2D eigenvalue weighted by Gasteiger charge is 2.32. The molecule has 5 aromatic rings. The summed E-state index contributed by atoms with van der Waals surface area (Å²) in [4.78, 5) is 30.6. The number of non-ortho nitro benzene ring substituents is 1. The summed E-state index contributed by atoms with van der Waals surface area (Å²) >= 11 is 1.33. The molecule has 1 aliphatic carbocycles. The molecule has 9 heteroatoms. The standard InChI is InChI=1S/C33H25N3O5S/c1-19-7-11-22(36(38)39)17-27(19)28-16-14-24(41-28)18-29-32(37)35-31(21-8-12-23(40-2)13-9-21)26-15-10-20-5-3-4-6-25(20)30(26)34-33(35)42-29/h3-9,11-14,16-18,31H,10,15H2,1-2H3/b29-18-/t31-/m1/s1. The molecule has 3 aromatic carbocycles. The molecule has 0 bridgehead atoms. The largest absolute Gasteiger partial charge is 0.497 e. The van der Waals surface area contributed by atoms with E-state index in [0.717, 1.165) is 46.6 Å². The first-order chi connectivity index (χ1) is 20.4. The Morgan fingerprint density at radius 2 is 1.86 bits per heavy atom. The number of fused-ring (bicyclic) bond motifs is 3. The quantitative estimate of drug-likeness (QED) is 0.195. The zero-order valence-electron chi connectivity index (χ0n) is 22.9. The summed E-state index contributed by atoms with van der Waals surface area (Å²) in [6.07, 6.45) is 3.41. The van der Waals surface area contributed by atoms with E-state index >= 15 is 0 Å². The lowest BCUT2D eigenvalue weighted by Gasteiger charge is -2.30. The average Bonchev–Trinajstić information content (AvgIpc) is 3.60. The molecule has 0 radical (unpaired) electrons. The maximum atomic E-state index is 14.0. The van der Waals surface area contributed by atoms with E-state index in [-0.39, 0.29) is 17.3 Å². The minimum absolute atomic E-state index is 0.00840. The van der Waals surface area contributed by atoms with Crippen molar-refractivity contribution in [2.75, 3.05) is 7.11 Å². The molecule has 208 valence electrons. The number of thiazole rings is 1. The number of rotatable bonds is 5. The van der Waals surface area contributed by atoms with E-state index in [4.69, 9.17) is 14.1 Å². The van der Waals surface area contributed by atoms with Crippen LogP contribution in [-0.4, -0.2) is 16.6 Å². The van der Waals surface area contributed by atoms with Gasteiger partial charge in [-0.3, -0.25) is 19.5 Å². The van der Waals surface area contributed by atoms with Gasteiger partial charge >= 0.3 is 0 Å². The SMILES string of the molecule is COc1ccc([C@@H]2C3=C(N=c4s/c(=C\c5ccc(-c6cc([N+](=O)[O-])ccc6C)o5)c(=O)n42)c2ccccc2CC3)cc1. The van der Waals surface area contributed by atoms with Crippen LogP contribution in [0.2, 0.25) is 0 Å². The molecule has 0 saturated carbocycles. The van der Waals surface area contributed by atoms with Crippen molar-refractivity contribution in [3.63, 3.8) is 0 Å². The molecule has 8 nitrogen and oxygen atoms in total. The maximum absolute atomic E-state index is 14.0. The predicted molar refractivity (Wildman–Crippen MR) is 161 cm³/mol. The Balaban J connectivity index is 1.37. The molecule has 42 heavy (non-hydrogen) atoms. The van der Waals surface area contributed by atoms with E-state index in [2.05, 4.69) is 18.2 Å². The number of hydrogen-bond donors (Lipinski definition) is 0. The lowest BCUT2D eigenvalue weighted by Crippen LogP contribution is -2.38. The Morgan fingerprint density at radius 1 is 1.05 bits per heavy atom. The van der Waals surface area contributed by atoms with Crippen LogP contribution >= 0.6 is 11.3 Å². The fourth-order valence-electron chi connectivity index (χ4n) is 5.80. The summed E-state index contributed by atoms with van der Waals surface area (Å²) in [5.74, 6) is 1.73. The highest BCUT2D eigenvalue weighted by molar-refractivity contribution is 7.07. The van der Waals surface area contributed by atoms with Gasteiger partial charge in [0.1, 0.15) is 17.3 Å². The van der Waals surface area contributed by atoms with E-state index in [0.29, 0.717) is 26.4 Å². The molecule has 3 heterocycles. The van der Waals surface area contributed by atoms with Crippen LogP contribution in [0.1, 0.15) is 40.5 Å². The van der Waals surface area contributed by atoms with Gasteiger partial charge in [0.05, 0.1) is 28.3 Å². The van der Waals surface area contributed by atoms with Crippen LogP contribution in [0.5, 0.6) is 5.75 Å². The molecule has 0 N–H and O–H groups in total. The van der Waals surface area contributed by atoms with E-state index in [1.165, 1.54) is 29.0 Å². The first-order valence-electron chi connectivity index (χ1n) is 13.5. The third kappa shape index (κ3) is 4.29. The number of nitro benzene ring substituents is 1. The normalized spacial score (nSPS) is 16.0. The molecule has 1 atom stereocenters. The second kappa shape index (κ2) is 10.1. The second-order valence-electron chi connectivity index (χ2n) is 10.3. The monoisotopic (exact) mass is 575 g/mol. The summed E-state index contributed by atoms with van der Waals surface area (Å²) in [6, 6.07) is 24.1. The van der Waals surface area contributed by atoms with Gasteiger partial charge in [0.25, 0.3) is 11.2 Å².